The Hall–Kier alpha value is -3.38. The van der Waals surface area contributed by atoms with Gasteiger partial charge in [0.2, 0.25) is 0 Å². The third-order valence-corrected chi connectivity index (χ3v) is 5.42. The zero-order chi connectivity index (χ0) is 21.4. The average Bonchev–Trinajstić information content (AvgIpc) is 2.71. The molecule has 0 unspecified atom stereocenters. The number of carboxylic acids is 1. The molecule has 0 aliphatic rings. The van der Waals surface area contributed by atoms with Gasteiger partial charge in [-0.1, -0.05) is 17.7 Å². The van der Waals surface area contributed by atoms with Crippen LogP contribution >= 0.6 is 11.6 Å². The number of rotatable bonds is 5. The van der Waals surface area contributed by atoms with E-state index >= 15 is 0 Å². The minimum absolute atomic E-state index is 0.142. The third kappa shape index (κ3) is 3.50. The Morgan fingerprint density at radius 3 is 2.43 bits per heavy atom. The van der Waals surface area contributed by atoms with Crippen molar-refractivity contribution in [1.82, 2.24) is 9.55 Å². The van der Waals surface area contributed by atoms with E-state index in [2.05, 4.69) is 4.98 Å². The molecule has 2 aromatic heterocycles. The van der Waals surface area contributed by atoms with E-state index in [1.165, 1.54) is 0 Å². The third-order valence-electron chi connectivity index (χ3n) is 5.11. The summed E-state index contributed by atoms with van der Waals surface area (Å²) in [5, 5.41) is 11.0. The molecule has 0 amide bonds. The molecule has 0 fully saturated rings. The molecular weight excluding hydrogens is 402 g/mol. The molecule has 6 nitrogen and oxygen atoms in total. The van der Waals surface area contributed by atoms with Crippen molar-refractivity contribution in [1.29, 1.82) is 0 Å². The zero-order valence-corrected chi connectivity index (χ0v) is 17.3. The summed E-state index contributed by atoms with van der Waals surface area (Å²) < 4.78 is 1.67. The lowest BCUT2D eigenvalue weighted by Gasteiger charge is -2.22. The van der Waals surface area contributed by atoms with Gasteiger partial charge in [0.05, 0.1) is 21.7 Å². The molecule has 0 radical (unpaired) electrons. The maximum Gasteiger partial charge on any atom is 0.323 e. The summed E-state index contributed by atoms with van der Waals surface area (Å²) in [6, 6.07) is 12.8. The van der Waals surface area contributed by atoms with Crippen LogP contribution in [0.25, 0.3) is 21.8 Å². The molecule has 0 saturated carbocycles. The van der Waals surface area contributed by atoms with E-state index in [0.29, 0.717) is 38.9 Å². The Labute approximate surface area is 178 Å². The number of fused-ring (bicyclic) bond motifs is 2. The number of carbonyl (C=O) groups is 1. The van der Waals surface area contributed by atoms with Crippen LogP contribution < -0.4 is 10.3 Å². The van der Waals surface area contributed by atoms with Gasteiger partial charge in [-0.05, 0) is 53.9 Å². The number of anilines is 1. The van der Waals surface area contributed by atoms with E-state index in [1.807, 2.05) is 38.4 Å². The topological polar surface area (TPSA) is 75.4 Å². The first-order valence-electron chi connectivity index (χ1n) is 9.42. The molecule has 2 heterocycles. The largest absolute Gasteiger partial charge is 0.480 e. The first kappa shape index (κ1) is 19.9. The predicted molar refractivity (Wildman–Crippen MR) is 120 cm³/mol. The van der Waals surface area contributed by atoms with Gasteiger partial charge in [-0.25, -0.2) is 0 Å². The standard InChI is InChI=1S/C23H20ClN3O3/c1-26(2)22-18(24)6-5-17-21(22)27(13-20(28)29)19-12-15(3-4-16(19)23(17)30)11-14-7-9-25-10-8-14/h3-10,12H,11,13H2,1-2H3,(H,28,29). The zero-order valence-electron chi connectivity index (χ0n) is 16.6. The molecule has 0 aliphatic heterocycles. The molecule has 0 aliphatic carbocycles. The number of aromatic nitrogens is 2. The van der Waals surface area contributed by atoms with Crippen molar-refractivity contribution in [3.05, 3.63) is 81.2 Å². The van der Waals surface area contributed by atoms with Crippen molar-refractivity contribution in [2.75, 3.05) is 19.0 Å². The molecule has 1 N–H and O–H groups in total. The molecule has 0 spiro atoms. The van der Waals surface area contributed by atoms with E-state index in [1.54, 1.807) is 40.1 Å². The second-order valence-corrected chi connectivity index (χ2v) is 7.79. The second kappa shape index (κ2) is 7.80. The van der Waals surface area contributed by atoms with Crippen LogP contribution in [0.3, 0.4) is 0 Å². The summed E-state index contributed by atoms with van der Waals surface area (Å²) >= 11 is 6.44. The fourth-order valence-corrected chi connectivity index (χ4v) is 4.16. The molecule has 0 bridgehead atoms. The van der Waals surface area contributed by atoms with Crippen LogP contribution in [0.5, 0.6) is 0 Å². The second-order valence-electron chi connectivity index (χ2n) is 7.38. The lowest BCUT2D eigenvalue weighted by Crippen LogP contribution is -2.20. The van der Waals surface area contributed by atoms with E-state index in [9.17, 15) is 14.7 Å². The fraction of sp³-hybridized carbons (Fsp3) is 0.174. The summed E-state index contributed by atoms with van der Waals surface area (Å²) in [7, 11) is 3.64. The Bertz CT molecular complexity index is 1330. The van der Waals surface area contributed by atoms with Crippen LogP contribution in [-0.2, 0) is 17.8 Å². The Kier molecular flexibility index (Phi) is 5.18. The number of aliphatic carboxylic acids is 1. The monoisotopic (exact) mass is 421 g/mol. The number of hydrogen-bond acceptors (Lipinski definition) is 4. The number of carboxylic acid groups (broad SMARTS) is 1. The van der Waals surface area contributed by atoms with Gasteiger partial charge in [-0.15, -0.1) is 0 Å². The lowest BCUT2D eigenvalue weighted by atomic mass is 10.0. The summed E-state index contributed by atoms with van der Waals surface area (Å²) in [5.41, 5.74) is 3.63. The summed E-state index contributed by atoms with van der Waals surface area (Å²) in [4.78, 5) is 30.8. The molecule has 0 atom stereocenters. The van der Waals surface area contributed by atoms with Crippen molar-refractivity contribution in [3.63, 3.8) is 0 Å². The normalized spacial score (nSPS) is 11.2. The van der Waals surface area contributed by atoms with Gasteiger partial charge < -0.3 is 14.6 Å². The first-order valence-corrected chi connectivity index (χ1v) is 9.80. The van der Waals surface area contributed by atoms with Crippen LogP contribution in [-0.4, -0.2) is 34.7 Å². The quantitative estimate of drug-likeness (QED) is 0.494. The first-order chi connectivity index (χ1) is 14.4. The number of halogens is 1. The Morgan fingerprint density at radius 1 is 1.07 bits per heavy atom. The predicted octanol–water partition coefficient (Wildman–Crippen LogP) is 3.94. The van der Waals surface area contributed by atoms with Crippen molar-refractivity contribution in [2.24, 2.45) is 0 Å². The van der Waals surface area contributed by atoms with Crippen molar-refractivity contribution in [2.45, 2.75) is 13.0 Å². The molecule has 152 valence electrons. The SMILES string of the molecule is CN(C)c1c(Cl)ccc2c(=O)c3ccc(Cc4ccncc4)cc3n(CC(=O)O)c12. The van der Waals surface area contributed by atoms with Crippen molar-refractivity contribution < 1.29 is 9.90 Å². The van der Waals surface area contributed by atoms with Crippen LogP contribution in [0.2, 0.25) is 5.02 Å². The highest BCUT2D eigenvalue weighted by atomic mass is 35.5. The van der Waals surface area contributed by atoms with Gasteiger partial charge in [0.25, 0.3) is 0 Å². The van der Waals surface area contributed by atoms with Gasteiger partial charge in [0.15, 0.2) is 5.43 Å². The summed E-state index contributed by atoms with van der Waals surface area (Å²) in [6.07, 6.45) is 4.11. The smallest absolute Gasteiger partial charge is 0.323 e. The Morgan fingerprint density at radius 2 is 1.77 bits per heavy atom. The van der Waals surface area contributed by atoms with Gasteiger partial charge in [0.1, 0.15) is 6.54 Å². The molecule has 4 rings (SSSR count). The van der Waals surface area contributed by atoms with E-state index in [0.717, 1.165) is 11.1 Å². The Balaban J connectivity index is 2.07. The number of pyridine rings is 2. The molecule has 7 heteroatoms. The highest BCUT2D eigenvalue weighted by molar-refractivity contribution is 6.35. The van der Waals surface area contributed by atoms with E-state index in [4.69, 9.17) is 11.6 Å². The molecule has 0 saturated heterocycles. The maximum absolute atomic E-state index is 13.3. The van der Waals surface area contributed by atoms with Crippen molar-refractivity contribution >= 4 is 45.1 Å². The van der Waals surface area contributed by atoms with Crippen LogP contribution in [0.1, 0.15) is 11.1 Å². The minimum Gasteiger partial charge on any atom is -0.480 e. The molecular formula is C23H20ClN3O3. The number of nitrogens with zero attached hydrogens (tertiary/aromatic N) is 3. The highest BCUT2D eigenvalue weighted by Crippen LogP contribution is 2.34. The van der Waals surface area contributed by atoms with Gasteiger partial charge in [-0.3, -0.25) is 14.6 Å². The van der Waals surface area contributed by atoms with Gasteiger partial charge in [-0.2, -0.15) is 0 Å². The van der Waals surface area contributed by atoms with E-state index in [-0.39, 0.29) is 12.0 Å². The summed E-state index contributed by atoms with van der Waals surface area (Å²) in [5.74, 6) is -0.995. The summed E-state index contributed by atoms with van der Waals surface area (Å²) in [6.45, 7) is -0.285. The average molecular weight is 422 g/mol. The van der Waals surface area contributed by atoms with Crippen LogP contribution in [0, 0.1) is 0 Å². The highest BCUT2D eigenvalue weighted by Gasteiger charge is 2.19. The van der Waals surface area contributed by atoms with Gasteiger partial charge in [0, 0.05) is 37.3 Å². The van der Waals surface area contributed by atoms with Crippen LogP contribution in [0.15, 0.2) is 59.7 Å². The lowest BCUT2D eigenvalue weighted by molar-refractivity contribution is -0.137. The number of hydrogen-bond donors (Lipinski definition) is 1. The van der Waals surface area contributed by atoms with Gasteiger partial charge >= 0.3 is 5.97 Å². The fourth-order valence-electron chi connectivity index (χ4n) is 3.84. The van der Waals surface area contributed by atoms with Crippen molar-refractivity contribution in [3.8, 4) is 0 Å². The maximum atomic E-state index is 13.3. The molecule has 2 aromatic carbocycles. The van der Waals surface area contributed by atoms with E-state index < -0.39 is 5.97 Å². The van der Waals surface area contributed by atoms with Crippen LogP contribution in [0.4, 0.5) is 5.69 Å². The molecule has 30 heavy (non-hydrogen) atoms. The molecule has 4 aromatic rings. The number of benzene rings is 2. The minimum atomic E-state index is -0.995.